The van der Waals surface area contributed by atoms with Gasteiger partial charge < -0.3 is 25.4 Å². The van der Waals surface area contributed by atoms with Gasteiger partial charge in [-0.2, -0.15) is 0 Å². The highest BCUT2D eigenvalue weighted by atomic mass is 19.1. The van der Waals surface area contributed by atoms with E-state index in [-0.39, 0.29) is 41.6 Å². The Morgan fingerprint density at radius 3 is 2.33 bits per heavy atom. The van der Waals surface area contributed by atoms with E-state index in [9.17, 15) is 23.5 Å². The van der Waals surface area contributed by atoms with Crippen molar-refractivity contribution in [3.8, 4) is 5.75 Å². The molecule has 3 aromatic carbocycles. The molecule has 0 radical (unpaired) electrons. The van der Waals surface area contributed by atoms with E-state index in [1.807, 2.05) is 61.5 Å². The minimum Gasteiger partial charge on any atom is -0.497 e. The van der Waals surface area contributed by atoms with Gasteiger partial charge in [0.25, 0.3) is 11.8 Å². The predicted molar refractivity (Wildman–Crippen MR) is 184 cm³/mol. The van der Waals surface area contributed by atoms with Crippen molar-refractivity contribution in [2.45, 2.75) is 69.2 Å². The number of nitrogens with zero attached hydrogens (tertiary/aromatic N) is 2. The standard InChI is InChI=1S/C39H44F2N4O4/c1-26(28-11-6-4-7-12-28)45(2)38(48)30-20-29(23-42-24-30)37(47)44-35(19-27-17-32(40)22-33(41)18-27)36(46)25-43-39(15-8-5-9-16-39)31-13-10-14-34(21-31)49-3/h4,6-7,10-14,17-18,20-24,26,35-36,43,46H,5,8-9,15-16,19,25H2,1-3H3,(H,44,47)/t26-,35+,36-/m1/s1. The molecule has 2 amide bonds. The number of nitrogens with one attached hydrogen (secondary N) is 2. The van der Waals surface area contributed by atoms with Crippen LogP contribution in [0.2, 0.25) is 0 Å². The highest BCUT2D eigenvalue weighted by molar-refractivity contribution is 5.99. The number of pyridine rings is 1. The Labute approximate surface area is 286 Å². The molecule has 0 bridgehead atoms. The number of aromatic nitrogens is 1. The second-order valence-electron chi connectivity index (χ2n) is 12.8. The number of hydrogen-bond donors (Lipinski definition) is 3. The molecule has 4 aromatic rings. The molecule has 49 heavy (non-hydrogen) atoms. The number of hydrogen-bond acceptors (Lipinski definition) is 6. The van der Waals surface area contributed by atoms with E-state index < -0.39 is 35.2 Å². The molecule has 258 valence electrons. The molecule has 1 fully saturated rings. The Kier molecular flexibility index (Phi) is 11.7. The molecule has 0 aliphatic heterocycles. The third-order valence-electron chi connectivity index (χ3n) is 9.57. The summed E-state index contributed by atoms with van der Waals surface area (Å²) in [5.41, 5.74) is 2.20. The number of halogens is 2. The highest BCUT2D eigenvalue weighted by Crippen LogP contribution is 2.38. The van der Waals surface area contributed by atoms with E-state index in [2.05, 4.69) is 15.6 Å². The van der Waals surface area contributed by atoms with Gasteiger partial charge in [0.15, 0.2) is 0 Å². The smallest absolute Gasteiger partial charge is 0.255 e. The van der Waals surface area contributed by atoms with Crippen molar-refractivity contribution >= 4 is 11.8 Å². The summed E-state index contributed by atoms with van der Waals surface area (Å²) in [4.78, 5) is 32.8. The molecule has 3 N–H and O–H groups in total. The molecule has 3 atom stereocenters. The first kappa shape index (κ1) is 35.6. The average Bonchev–Trinajstić information content (AvgIpc) is 3.13. The van der Waals surface area contributed by atoms with Gasteiger partial charge in [-0.15, -0.1) is 0 Å². The molecule has 0 unspecified atom stereocenters. The van der Waals surface area contributed by atoms with Crippen LogP contribution in [-0.2, 0) is 12.0 Å². The number of aliphatic hydroxyl groups is 1. The molecule has 10 heteroatoms. The number of aliphatic hydroxyl groups excluding tert-OH is 1. The topological polar surface area (TPSA) is 104 Å². The third-order valence-corrected chi connectivity index (χ3v) is 9.57. The van der Waals surface area contributed by atoms with E-state index in [0.717, 1.165) is 55.0 Å². The summed E-state index contributed by atoms with van der Waals surface area (Å²) in [6.45, 7) is 2.01. The van der Waals surface area contributed by atoms with Gasteiger partial charge in [0.2, 0.25) is 0 Å². The number of carbonyl (C=O) groups excluding carboxylic acids is 2. The summed E-state index contributed by atoms with van der Waals surface area (Å²) >= 11 is 0. The monoisotopic (exact) mass is 670 g/mol. The Bertz CT molecular complexity index is 1710. The number of amides is 2. The van der Waals surface area contributed by atoms with Gasteiger partial charge in [-0.3, -0.25) is 14.6 Å². The zero-order chi connectivity index (χ0) is 35.0. The summed E-state index contributed by atoms with van der Waals surface area (Å²) in [6, 6.07) is 20.9. The van der Waals surface area contributed by atoms with Gasteiger partial charge in [-0.25, -0.2) is 8.78 Å². The third kappa shape index (κ3) is 8.87. The first-order valence-corrected chi connectivity index (χ1v) is 16.7. The zero-order valence-corrected chi connectivity index (χ0v) is 28.2. The van der Waals surface area contributed by atoms with Crippen LogP contribution in [0.3, 0.4) is 0 Å². The summed E-state index contributed by atoms with van der Waals surface area (Å²) < 4.78 is 33.9. The van der Waals surface area contributed by atoms with Crippen molar-refractivity contribution in [2.75, 3.05) is 20.7 Å². The van der Waals surface area contributed by atoms with Crippen LogP contribution in [0.4, 0.5) is 8.78 Å². The van der Waals surface area contributed by atoms with Gasteiger partial charge in [0, 0.05) is 37.6 Å². The Balaban J connectivity index is 1.36. The van der Waals surface area contributed by atoms with E-state index in [0.29, 0.717) is 0 Å². The summed E-state index contributed by atoms with van der Waals surface area (Å²) in [6.07, 6.45) is 6.38. The van der Waals surface area contributed by atoms with Crippen LogP contribution in [0, 0.1) is 11.6 Å². The van der Waals surface area contributed by atoms with E-state index >= 15 is 0 Å². The molecule has 5 rings (SSSR count). The lowest BCUT2D eigenvalue weighted by molar-refractivity contribution is 0.0742. The van der Waals surface area contributed by atoms with Crippen molar-refractivity contribution in [1.29, 1.82) is 0 Å². The van der Waals surface area contributed by atoms with Crippen LogP contribution in [0.1, 0.15) is 82.5 Å². The number of rotatable bonds is 13. The zero-order valence-electron chi connectivity index (χ0n) is 28.2. The second kappa shape index (κ2) is 16.2. The van der Waals surface area contributed by atoms with Crippen molar-refractivity contribution in [2.24, 2.45) is 0 Å². The molecule has 0 saturated heterocycles. The molecule has 1 heterocycles. The van der Waals surface area contributed by atoms with Crippen molar-refractivity contribution in [3.05, 3.63) is 131 Å². The van der Waals surface area contributed by atoms with Crippen LogP contribution < -0.4 is 15.4 Å². The Morgan fingerprint density at radius 2 is 1.63 bits per heavy atom. The summed E-state index contributed by atoms with van der Waals surface area (Å²) in [5, 5.41) is 18.1. The maximum absolute atomic E-state index is 14.2. The van der Waals surface area contributed by atoms with Crippen LogP contribution in [-0.4, -0.2) is 59.7 Å². The minimum atomic E-state index is -1.14. The maximum Gasteiger partial charge on any atom is 0.255 e. The predicted octanol–water partition coefficient (Wildman–Crippen LogP) is 6.35. The van der Waals surface area contributed by atoms with E-state index in [1.54, 1.807) is 19.1 Å². The largest absolute Gasteiger partial charge is 0.497 e. The van der Waals surface area contributed by atoms with Gasteiger partial charge in [-0.05, 0) is 73.2 Å². The van der Waals surface area contributed by atoms with Gasteiger partial charge in [0.05, 0.1) is 36.4 Å². The van der Waals surface area contributed by atoms with Crippen LogP contribution in [0.25, 0.3) is 0 Å². The SMILES string of the molecule is COc1cccc(C2(NC[C@@H](O)[C@H](Cc3cc(F)cc(F)c3)NC(=O)c3cncc(C(=O)N(C)[C@H](C)c4ccccc4)c3)CCCCC2)c1. The van der Waals surface area contributed by atoms with E-state index in [1.165, 1.54) is 30.6 Å². The highest BCUT2D eigenvalue weighted by Gasteiger charge is 2.35. The lowest BCUT2D eigenvalue weighted by Gasteiger charge is -2.40. The molecule has 0 spiro atoms. The number of ether oxygens (including phenoxy) is 1. The van der Waals surface area contributed by atoms with Crippen LogP contribution in [0.5, 0.6) is 5.75 Å². The van der Waals surface area contributed by atoms with Gasteiger partial charge in [0.1, 0.15) is 17.4 Å². The first-order chi connectivity index (χ1) is 23.6. The quantitative estimate of drug-likeness (QED) is 0.153. The molecular formula is C39H44F2N4O4. The second-order valence-corrected chi connectivity index (χ2v) is 12.8. The Morgan fingerprint density at radius 1 is 0.939 bits per heavy atom. The van der Waals surface area contributed by atoms with Gasteiger partial charge in [-0.1, -0.05) is 61.7 Å². The maximum atomic E-state index is 14.2. The molecule has 1 aromatic heterocycles. The normalized spacial score (nSPS) is 15.9. The Hall–Kier alpha value is -4.67. The molecule has 1 aliphatic rings. The number of benzene rings is 3. The first-order valence-electron chi connectivity index (χ1n) is 16.7. The minimum absolute atomic E-state index is 0.0429. The molecule has 1 saturated carbocycles. The van der Waals surface area contributed by atoms with Crippen molar-refractivity contribution < 1.29 is 28.2 Å². The van der Waals surface area contributed by atoms with Crippen molar-refractivity contribution in [3.63, 3.8) is 0 Å². The van der Waals surface area contributed by atoms with E-state index in [4.69, 9.17) is 4.74 Å². The fourth-order valence-electron chi connectivity index (χ4n) is 6.62. The lowest BCUT2D eigenvalue weighted by atomic mass is 9.76. The summed E-state index contributed by atoms with van der Waals surface area (Å²) in [5.74, 6) is -1.67. The number of carbonyl (C=O) groups is 2. The number of methoxy groups -OCH3 is 1. The molecule has 1 aliphatic carbocycles. The summed E-state index contributed by atoms with van der Waals surface area (Å²) in [7, 11) is 3.31. The lowest BCUT2D eigenvalue weighted by Crippen LogP contribution is -2.53. The fraction of sp³-hybridized carbons (Fsp3) is 0.359. The van der Waals surface area contributed by atoms with Crippen LogP contribution >= 0.6 is 0 Å². The van der Waals surface area contributed by atoms with Gasteiger partial charge >= 0.3 is 0 Å². The fourth-order valence-corrected chi connectivity index (χ4v) is 6.62. The average molecular weight is 671 g/mol. The molecule has 8 nitrogen and oxygen atoms in total. The molecular weight excluding hydrogens is 626 g/mol. The van der Waals surface area contributed by atoms with Crippen molar-refractivity contribution in [1.82, 2.24) is 20.5 Å². The van der Waals surface area contributed by atoms with Crippen LogP contribution in [0.15, 0.2) is 91.3 Å².